The maximum atomic E-state index is 13.6. The number of rotatable bonds is 8. The van der Waals surface area contributed by atoms with E-state index < -0.39 is 40.6 Å². The third-order valence-corrected chi connectivity index (χ3v) is 4.38. The summed E-state index contributed by atoms with van der Waals surface area (Å²) in [6.07, 6.45) is -5.96. The molecule has 1 aliphatic rings. The third-order valence-electron chi connectivity index (χ3n) is 3.65. The van der Waals surface area contributed by atoms with Crippen molar-refractivity contribution >= 4 is 25.7 Å². The molecule has 1 saturated heterocycles. The molecule has 1 fully saturated rings. The van der Waals surface area contributed by atoms with Crippen LogP contribution in [0.3, 0.4) is 0 Å². The molecule has 0 saturated carbocycles. The van der Waals surface area contributed by atoms with Crippen molar-refractivity contribution in [2.75, 3.05) is 39.8 Å². The molecule has 0 radical (unpaired) electrons. The monoisotopic (exact) mass is 457 g/mol. The van der Waals surface area contributed by atoms with Gasteiger partial charge in [0, 0.05) is 33.2 Å². The average molecular weight is 457 g/mol. The number of hydrogen-bond donors (Lipinski definition) is 0. The Morgan fingerprint density at radius 3 is 1.78 bits per heavy atom. The zero-order valence-corrected chi connectivity index (χ0v) is 16.1. The van der Waals surface area contributed by atoms with Gasteiger partial charge < -0.3 is 4.90 Å². The second kappa shape index (κ2) is 9.61. The van der Waals surface area contributed by atoms with Crippen molar-refractivity contribution in [3.05, 3.63) is 0 Å². The minimum atomic E-state index is -6.93. The molecule has 164 valence electrons. The summed E-state index contributed by atoms with van der Waals surface area (Å²) in [5.41, 5.74) is 0. The van der Waals surface area contributed by atoms with Crippen molar-refractivity contribution in [1.82, 2.24) is 14.3 Å². The van der Waals surface area contributed by atoms with Gasteiger partial charge in [0.2, 0.25) is 0 Å². The van der Waals surface area contributed by atoms with Crippen LogP contribution in [0.15, 0.2) is 0 Å². The molecule has 27 heavy (non-hydrogen) atoms. The van der Waals surface area contributed by atoms with E-state index in [-0.39, 0.29) is 33.6 Å². The van der Waals surface area contributed by atoms with E-state index in [1.165, 1.54) is 0 Å². The normalized spacial score (nSPS) is 18.7. The molecule has 1 heterocycles. The maximum absolute atomic E-state index is 13.6. The fourth-order valence-electron chi connectivity index (χ4n) is 2.05. The molecule has 0 aromatic rings. The van der Waals surface area contributed by atoms with E-state index in [9.17, 15) is 39.5 Å². The lowest BCUT2D eigenvalue weighted by atomic mass is 10.1. The molecule has 0 spiro atoms. The van der Waals surface area contributed by atoms with Crippen molar-refractivity contribution in [2.24, 2.45) is 0 Å². The average Bonchev–Trinajstić information content (AvgIpc) is 2.52. The van der Waals surface area contributed by atoms with E-state index in [4.69, 9.17) is 4.28 Å². The Hall–Kier alpha value is -0.0900. The van der Waals surface area contributed by atoms with Crippen molar-refractivity contribution in [3.63, 3.8) is 0 Å². The molecule has 15 heteroatoms. The zero-order valence-electron chi connectivity index (χ0n) is 14.3. The highest BCUT2D eigenvalue weighted by atomic mass is 32.2. The highest BCUT2D eigenvalue weighted by Crippen LogP contribution is 2.54. The lowest BCUT2D eigenvalue weighted by Crippen LogP contribution is -2.64. The van der Waals surface area contributed by atoms with Gasteiger partial charge in [0.1, 0.15) is 12.2 Å². The van der Waals surface area contributed by atoms with Gasteiger partial charge in [0.05, 0.1) is 0 Å². The van der Waals surface area contributed by atoms with Gasteiger partial charge in [-0.3, -0.25) is 0 Å². The quantitative estimate of drug-likeness (QED) is 0.237. The van der Waals surface area contributed by atoms with Crippen LogP contribution in [0, 0.1) is 0 Å². The third kappa shape index (κ3) is 5.72. The number of hydroxylamine groups is 2. The minimum Gasteiger partial charge on any atom is -0.301 e. The van der Waals surface area contributed by atoms with Crippen LogP contribution < -0.4 is 0 Å². The summed E-state index contributed by atoms with van der Waals surface area (Å²) in [6, 6.07) is -5.83. The molecule has 0 unspecified atom stereocenters. The van der Waals surface area contributed by atoms with Crippen LogP contribution in [0.25, 0.3) is 0 Å². The number of halogens is 9. The number of nitrogens with zero attached hydrogens (tertiary/aromatic N) is 3. The summed E-state index contributed by atoms with van der Waals surface area (Å²) < 4.78 is 120. The fraction of sp³-hybridized carbons (Fsp3) is 1.00. The standard InChI is InChI=1S/C12H18F9N3OS.H2S/c1-3-4-23-5-7-24(8-6-23)25-26-22(2)12(20,21)10(15,16)9(13,14)11(17,18)19;/h3-8H2,1-2H3;1H2. The Morgan fingerprint density at radius 2 is 1.37 bits per heavy atom. The van der Waals surface area contributed by atoms with E-state index in [0.717, 1.165) is 18.0 Å². The minimum absolute atomic E-state index is 0. The highest BCUT2D eigenvalue weighted by Gasteiger charge is 2.83. The Morgan fingerprint density at radius 1 is 0.889 bits per heavy atom. The summed E-state index contributed by atoms with van der Waals surface area (Å²) in [6.45, 7) is 4.18. The van der Waals surface area contributed by atoms with Crippen molar-refractivity contribution in [1.29, 1.82) is 0 Å². The SMILES string of the molecule is CCCN1CCN(OSN(C)C(F)(F)C(F)(F)C(F)(F)C(F)(F)F)CC1.S. The van der Waals surface area contributed by atoms with Gasteiger partial charge in [-0.05, 0) is 13.0 Å². The predicted molar refractivity (Wildman–Crippen MR) is 86.0 cm³/mol. The van der Waals surface area contributed by atoms with Crippen LogP contribution in [0.4, 0.5) is 39.5 Å². The fourth-order valence-corrected chi connectivity index (χ4v) is 2.60. The molecule has 0 atom stereocenters. The highest BCUT2D eigenvalue weighted by molar-refractivity contribution is 7.92. The summed E-state index contributed by atoms with van der Waals surface area (Å²) >= 11 is -0.432. The molecular formula is C12H20F9N3OS2. The molecule has 0 bridgehead atoms. The van der Waals surface area contributed by atoms with Gasteiger partial charge in [0.15, 0.2) is 0 Å². The smallest absolute Gasteiger partial charge is 0.301 e. The summed E-state index contributed by atoms with van der Waals surface area (Å²) in [5, 5.41) is 1.13. The molecule has 0 N–H and O–H groups in total. The van der Waals surface area contributed by atoms with Crippen LogP contribution in [0.1, 0.15) is 13.3 Å². The summed E-state index contributed by atoms with van der Waals surface area (Å²) in [5.74, 6) is -13.6. The van der Waals surface area contributed by atoms with Crippen LogP contribution in [0.2, 0.25) is 0 Å². The molecular weight excluding hydrogens is 437 g/mol. The Kier molecular flexibility index (Phi) is 9.57. The van der Waals surface area contributed by atoms with E-state index in [2.05, 4.69) is 0 Å². The van der Waals surface area contributed by atoms with E-state index in [1.807, 2.05) is 11.8 Å². The van der Waals surface area contributed by atoms with E-state index in [0.29, 0.717) is 13.1 Å². The molecule has 1 aliphatic heterocycles. The van der Waals surface area contributed by atoms with Gasteiger partial charge in [0.25, 0.3) is 0 Å². The maximum Gasteiger partial charge on any atom is 0.460 e. The molecule has 0 aromatic heterocycles. The van der Waals surface area contributed by atoms with Crippen molar-refractivity contribution < 1.29 is 43.8 Å². The van der Waals surface area contributed by atoms with Gasteiger partial charge in [-0.2, -0.15) is 62.4 Å². The second-order valence-corrected chi connectivity index (χ2v) is 6.45. The second-order valence-electron chi connectivity index (χ2n) is 5.60. The van der Waals surface area contributed by atoms with Crippen LogP contribution in [-0.4, -0.2) is 78.1 Å². The van der Waals surface area contributed by atoms with Gasteiger partial charge in [-0.25, -0.2) is 4.28 Å². The first kappa shape index (κ1) is 26.9. The van der Waals surface area contributed by atoms with Gasteiger partial charge >= 0.3 is 24.1 Å². The number of alkyl halides is 9. The Labute approximate surface area is 161 Å². The van der Waals surface area contributed by atoms with Crippen molar-refractivity contribution in [2.45, 2.75) is 37.4 Å². The Bertz CT molecular complexity index is 460. The van der Waals surface area contributed by atoms with Gasteiger partial charge in [-0.15, -0.1) is 0 Å². The molecule has 4 nitrogen and oxygen atoms in total. The van der Waals surface area contributed by atoms with Crippen LogP contribution in [-0.2, 0) is 4.28 Å². The Balaban J connectivity index is 0.00000676. The van der Waals surface area contributed by atoms with Crippen LogP contribution in [0.5, 0.6) is 0 Å². The lowest BCUT2D eigenvalue weighted by Gasteiger charge is -2.38. The molecule has 0 amide bonds. The van der Waals surface area contributed by atoms with Crippen molar-refractivity contribution in [3.8, 4) is 0 Å². The van der Waals surface area contributed by atoms with E-state index in [1.54, 1.807) is 0 Å². The number of hydrogen-bond acceptors (Lipinski definition) is 5. The number of piperazine rings is 1. The zero-order chi connectivity index (χ0) is 20.4. The topological polar surface area (TPSA) is 19.0 Å². The predicted octanol–water partition coefficient (Wildman–Crippen LogP) is 3.98. The summed E-state index contributed by atoms with van der Waals surface area (Å²) in [7, 11) is 0.234. The van der Waals surface area contributed by atoms with Crippen LogP contribution >= 0.6 is 25.7 Å². The lowest BCUT2D eigenvalue weighted by molar-refractivity contribution is -0.409. The first-order valence-electron chi connectivity index (χ1n) is 7.44. The van der Waals surface area contributed by atoms with Gasteiger partial charge in [-0.1, -0.05) is 6.92 Å². The molecule has 0 aliphatic carbocycles. The summed E-state index contributed by atoms with van der Waals surface area (Å²) in [4.78, 5) is 2.03. The first-order chi connectivity index (χ1) is 11.7. The molecule has 1 rings (SSSR count). The van der Waals surface area contributed by atoms with E-state index >= 15 is 0 Å². The molecule has 0 aromatic carbocycles. The first-order valence-corrected chi connectivity index (χ1v) is 8.14. The largest absolute Gasteiger partial charge is 0.460 e.